The van der Waals surface area contributed by atoms with E-state index in [0.29, 0.717) is 5.56 Å². The van der Waals surface area contributed by atoms with Gasteiger partial charge in [-0.1, -0.05) is 13.8 Å². The molecule has 0 saturated carbocycles. The van der Waals surface area contributed by atoms with Crippen molar-refractivity contribution in [2.75, 3.05) is 31.5 Å². The molecule has 1 aromatic heterocycles. The van der Waals surface area contributed by atoms with E-state index >= 15 is 0 Å². The van der Waals surface area contributed by atoms with Gasteiger partial charge in [-0.2, -0.15) is 5.26 Å². The average Bonchev–Trinajstić information content (AvgIpc) is 2.38. The van der Waals surface area contributed by atoms with Crippen LogP contribution in [0.15, 0.2) is 18.3 Å². The Hall–Kier alpha value is -1.60. The SMILES string of the molecule is CCCN(CC)CCNc1ccc(C#N)cn1. The fourth-order valence-corrected chi connectivity index (χ4v) is 1.65. The number of aromatic nitrogens is 1. The number of likely N-dealkylation sites (N-methyl/N-ethyl adjacent to an activating group) is 1. The van der Waals surface area contributed by atoms with Crippen LogP contribution in [-0.4, -0.2) is 36.1 Å². The Morgan fingerprint density at radius 1 is 1.35 bits per heavy atom. The van der Waals surface area contributed by atoms with Crippen LogP contribution >= 0.6 is 0 Å². The summed E-state index contributed by atoms with van der Waals surface area (Å²) >= 11 is 0. The zero-order valence-electron chi connectivity index (χ0n) is 10.6. The number of rotatable bonds is 7. The third-order valence-corrected chi connectivity index (χ3v) is 2.61. The van der Waals surface area contributed by atoms with Crippen molar-refractivity contribution < 1.29 is 0 Å². The van der Waals surface area contributed by atoms with E-state index in [1.807, 2.05) is 6.07 Å². The maximum absolute atomic E-state index is 8.65. The van der Waals surface area contributed by atoms with Crippen molar-refractivity contribution in [3.05, 3.63) is 23.9 Å². The van der Waals surface area contributed by atoms with Gasteiger partial charge in [0.1, 0.15) is 11.9 Å². The van der Waals surface area contributed by atoms with Crippen molar-refractivity contribution in [3.8, 4) is 6.07 Å². The summed E-state index contributed by atoms with van der Waals surface area (Å²) in [5.74, 6) is 0.830. The van der Waals surface area contributed by atoms with Crippen molar-refractivity contribution in [3.63, 3.8) is 0 Å². The maximum Gasteiger partial charge on any atom is 0.126 e. The number of nitrogens with zero attached hydrogens (tertiary/aromatic N) is 3. The van der Waals surface area contributed by atoms with Crippen molar-refractivity contribution in [2.24, 2.45) is 0 Å². The lowest BCUT2D eigenvalue weighted by Crippen LogP contribution is -2.29. The lowest BCUT2D eigenvalue weighted by atomic mass is 10.3. The third-order valence-electron chi connectivity index (χ3n) is 2.61. The summed E-state index contributed by atoms with van der Waals surface area (Å²) in [5, 5.41) is 11.9. The smallest absolute Gasteiger partial charge is 0.126 e. The monoisotopic (exact) mass is 232 g/mol. The number of pyridine rings is 1. The average molecular weight is 232 g/mol. The van der Waals surface area contributed by atoms with Crippen molar-refractivity contribution >= 4 is 5.82 Å². The molecule has 0 aliphatic carbocycles. The minimum absolute atomic E-state index is 0.594. The summed E-state index contributed by atoms with van der Waals surface area (Å²) in [4.78, 5) is 6.57. The van der Waals surface area contributed by atoms with Crippen LogP contribution in [0.2, 0.25) is 0 Å². The summed E-state index contributed by atoms with van der Waals surface area (Å²) in [6, 6.07) is 5.67. The summed E-state index contributed by atoms with van der Waals surface area (Å²) < 4.78 is 0. The summed E-state index contributed by atoms with van der Waals surface area (Å²) in [5.41, 5.74) is 0.594. The molecule has 4 nitrogen and oxygen atoms in total. The fourth-order valence-electron chi connectivity index (χ4n) is 1.65. The van der Waals surface area contributed by atoms with Crippen LogP contribution < -0.4 is 5.32 Å². The van der Waals surface area contributed by atoms with Gasteiger partial charge in [0.15, 0.2) is 0 Å². The van der Waals surface area contributed by atoms with E-state index < -0.39 is 0 Å². The highest BCUT2D eigenvalue weighted by molar-refractivity contribution is 5.38. The van der Waals surface area contributed by atoms with Crippen LogP contribution in [0.4, 0.5) is 5.82 Å². The van der Waals surface area contributed by atoms with Gasteiger partial charge >= 0.3 is 0 Å². The molecule has 1 heterocycles. The molecule has 0 amide bonds. The van der Waals surface area contributed by atoms with E-state index in [1.54, 1.807) is 12.3 Å². The Balaban J connectivity index is 2.32. The summed E-state index contributed by atoms with van der Waals surface area (Å²) in [7, 11) is 0. The molecule has 17 heavy (non-hydrogen) atoms. The normalized spacial score (nSPS) is 10.2. The molecule has 0 aromatic carbocycles. The number of nitrogens with one attached hydrogen (secondary N) is 1. The molecule has 0 atom stereocenters. The topological polar surface area (TPSA) is 52.0 Å². The molecule has 0 saturated heterocycles. The zero-order chi connectivity index (χ0) is 12.5. The van der Waals surface area contributed by atoms with Crippen LogP contribution in [0.5, 0.6) is 0 Å². The molecule has 1 N–H and O–H groups in total. The molecule has 0 spiro atoms. The van der Waals surface area contributed by atoms with Gasteiger partial charge in [0.25, 0.3) is 0 Å². The van der Waals surface area contributed by atoms with E-state index in [4.69, 9.17) is 5.26 Å². The van der Waals surface area contributed by atoms with Crippen molar-refractivity contribution in [2.45, 2.75) is 20.3 Å². The van der Waals surface area contributed by atoms with Gasteiger partial charge in [-0.3, -0.25) is 0 Å². The standard InChI is InChI=1S/C13H20N4/c1-3-8-17(4-2)9-7-15-13-6-5-12(10-14)11-16-13/h5-6,11H,3-4,7-9H2,1-2H3,(H,15,16). The number of nitriles is 1. The summed E-state index contributed by atoms with van der Waals surface area (Å²) in [6.07, 6.45) is 2.77. The van der Waals surface area contributed by atoms with Gasteiger partial charge < -0.3 is 10.2 Å². The van der Waals surface area contributed by atoms with Gasteiger partial charge in [0.05, 0.1) is 5.56 Å². The number of hydrogen-bond donors (Lipinski definition) is 1. The highest BCUT2D eigenvalue weighted by Gasteiger charge is 2.00. The lowest BCUT2D eigenvalue weighted by Gasteiger charge is -2.19. The van der Waals surface area contributed by atoms with E-state index in [9.17, 15) is 0 Å². The lowest BCUT2D eigenvalue weighted by molar-refractivity contribution is 0.300. The second-order valence-electron chi connectivity index (χ2n) is 3.90. The maximum atomic E-state index is 8.65. The molecule has 1 rings (SSSR count). The molecule has 0 unspecified atom stereocenters. The molecule has 1 aromatic rings. The van der Waals surface area contributed by atoms with E-state index in [1.165, 1.54) is 6.42 Å². The van der Waals surface area contributed by atoms with Gasteiger partial charge in [-0.25, -0.2) is 4.98 Å². The predicted octanol–water partition coefficient (Wildman–Crippen LogP) is 2.10. The molecule has 0 radical (unpaired) electrons. The molecule has 92 valence electrons. The fraction of sp³-hybridized carbons (Fsp3) is 0.538. The second-order valence-corrected chi connectivity index (χ2v) is 3.90. The molecule has 0 bridgehead atoms. The summed E-state index contributed by atoms with van der Waals surface area (Å²) in [6.45, 7) is 8.49. The molecular formula is C13H20N4. The van der Waals surface area contributed by atoms with Crippen LogP contribution in [0.25, 0.3) is 0 Å². The van der Waals surface area contributed by atoms with Gasteiger partial charge in [0.2, 0.25) is 0 Å². The Bertz CT molecular complexity index is 353. The van der Waals surface area contributed by atoms with E-state index in [-0.39, 0.29) is 0 Å². The Labute approximate surface area is 103 Å². The van der Waals surface area contributed by atoms with Crippen molar-refractivity contribution in [1.29, 1.82) is 5.26 Å². The first-order valence-corrected chi connectivity index (χ1v) is 6.12. The van der Waals surface area contributed by atoms with E-state index in [2.05, 4.69) is 35.1 Å². The Kier molecular flexibility index (Phi) is 6.05. The number of anilines is 1. The minimum Gasteiger partial charge on any atom is -0.369 e. The molecule has 0 aliphatic heterocycles. The number of hydrogen-bond acceptors (Lipinski definition) is 4. The zero-order valence-corrected chi connectivity index (χ0v) is 10.6. The molecular weight excluding hydrogens is 212 g/mol. The van der Waals surface area contributed by atoms with Crippen molar-refractivity contribution in [1.82, 2.24) is 9.88 Å². The Morgan fingerprint density at radius 3 is 2.71 bits per heavy atom. The third kappa shape index (κ3) is 4.83. The van der Waals surface area contributed by atoms with Crippen LogP contribution in [0, 0.1) is 11.3 Å². The highest BCUT2D eigenvalue weighted by atomic mass is 15.1. The largest absolute Gasteiger partial charge is 0.369 e. The van der Waals surface area contributed by atoms with Gasteiger partial charge in [-0.15, -0.1) is 0 Å². The first-order valence-electron chi connectivity index (χ1n) is 6.12. The quantitative estimate of drug-likeness (QED) is 0.782. The van der Waals surface area contributed by atoms with Crippen LogP contribution in [0.1, 0.15) is 25.8 Å². The second kappa shape index (κ2) is 7.64. The van der Waals surface area contributed by atoms with Gasteiger partial charge in [-0.05, 0) is 31.6 Å². The first kappa shape index (κ1) is 13.5. The highest BCUT2D eigenvalue weighted by Crippen LogP contribution is 2.03. The van der Waals surface area contributed by atoms with E-state index in [0.717, 1.165) is 32.0 Å². The molecule has 4 heteroatoms. The molecule has 0 aliphatic rings. The first-order chi connectivity index (χ1) is 8.30. The van der Waals surface area contributed by atoms with Crippen LogP contribution in [0.3, 0.4) is 0 Å². The van der Waals surface area contributed by atoms with Crippen LogP contribution in [-0.2, 0) is 0 Å². The minimum atomic E-state index is 0.594. The van der Waals surface area contributed by atoms with Gasteiger partial charge in [0, 0.05) is 19.3 Å². The molecule has 0 fully saturated rings. The Morgan fingerprint density at radius 2 is 2.18 bits per heavy atom. The predicted molar refractivity (Wildman–Crippen MR) is 69.8 cm³/mol.